The molecule has 0 unspecified atom stereocenters. The van der Waals surface area contributed by atoms with E-state index in [2.05, 4.69) is 29.2 Å². The summed E-state index contributed by atoms with van der Waals surface area (Å²) < 4.78 is 12.0. The predicted molar refractivity (Wildman–Crippen MR) is 110 cm³/mol. The first kappa shape index (κ1) is 17.2. The van der Waals surface area contributed by atoms with Crippen molar-refractivity contribution in [2.45, 2.75) is 18.7 Å². The Balaban J connectivity index is 1.57. The van der Waals surface area contributed by atoms with E-state index in [4.69, 9.17) is 25.9 Å². The van der Waals surface area contributed by atoms with Gasteiger partial charge in [-0.3, -0.25) is 0 Å². The van der Waals surface area contributed by atoms with Crippen molar-refractivity contribution in [3.63, 3.8) is 0 Å². The molecule has 0 amide bonds. The molecule has 1 aromatic heterocycles. The lowest BCUT2D eigenvalue weighted by Gasteiger charge is -2.38. The number of hydrogen-bond acceptors (Lipinski definition) is 5. The van der Waals surface area contributed by atoms with Crippen LogP contribution < -0.4 is 9.64 Å². The van der Waals surface area contributed by atoms with Crippen molar-refractivity contribution >= 4 is 23.0 Å². The highest BCUT2D eigenvalue weighted by atomic mass is 35.5. The maximum absolute atomic E-state index is 6.37. The first-order chi connectivity index (χ1) is 13.6. The van der Waals surface area contributed by atoms with Crippen LogP contribution in [0.15, 0.2) is 70.4 Å². The third-order valence-corrected chi connectivity index (χ3v) is 5.49. The maximum Gasteiger partial charge on any atom is 0.213 e. The second kappa shape index (κ2) is 6.60. The van der Waals surface area contributed by atoms with Gasteiger partial charge in [0.15, 0.2) is 0 Å². The molecule has 6 heteroatoms. The van der Waals surface area contributed by atoms with Crippen molar-refractivity contribution < 1.29 is 9.15 Å². The van der Waals surface area contributed by atoms with Gasteiger partial charge in [0.1, 0.15) is 17.2 Å². The summed E-state index contributed by atoms with van der Waals surface area (Å²) in [7, 11) is 4.06. The minimum absolute atomic E-state index is 0.0566. The summed E-state index contributed by atoms with van der Waals surface area (Å²) in [6.07, 6.45) is 2.12. The molecule has 0 fully saturated rings. The van der Waals surface area contributed by atoms with Crippen LogP contribution in [-0.2, 0) is 0 Å². The lowest BCUT2D eigenvalue weighted by molar-refractivity contribution is -0.0190. The molecule has 5 nitrogen and oxygen atoms in total. The summed E-state index contributed by atoms with van der Waals surface area (Å²) in [5.41, 5.74) is 4.17. The summed E-state index contributed by atoms with van der Waals surface area (Å²) in [5, 5.41) is 7.60. The van der Waals surface area contributed by atoms with Crippen LogP contribution in [0.4, 0.5) is 5.69 Å². The maximum atomic E-state index is 6.37. The normalized spacial score (nSPS) is 20.2. The SMILES string of the molecule is CN(C)c1ccc([C@H]2Oc3ccc(Cl)cc3[C@@H]3CC(c4ccco4)=NN23)cc1. The quantitative estimate of drug-likeness (QED) is 0.610. The summed E-state index contributed by atoms with van der Waals surface area (Å²) in [6.45, 7) is 0. The van der Waals surface area contributed by atoms with Crippen molar-refractivity contribution in [3.05, 3.63) is 82.8 Å². The molecule has 3 aromatic rings. The Labute approximate surface area is 168 Å². The number of halogens is 1. The molecule has 142 valence electrons. The number of hydrogen-bond donors (Lipinski definition) is 0. The fourth-order valence-electron chi connectivity index (χ4n) is 3.81. The Morgan fingerprint density at radius 1 is 1.11 bits per heavy atom. The lowest BCUT2D eigenvalue weighted by atomic mass is 9.97. The zero-order valence-corrected chi connectivity index (χ0v) is 16.4. The Hall–Kier alpha value is -2.92. The van der Waals surface area contributed by atoms with Gasteiger partial charge in [0, 0.05) is 42.4 Å². The van der Waals surface area contributed by atoms with Gasteiger partial charge in [-0.1, -0.05) is 23.7 Å². The molecule has 0 bridgehead atoms. The van der Waals surface area contributed by atoms with Crippen LogP contribution in [0.25, 0.3) is 0 Å². The van der Waals surface area contributed by atoms with Gasteiger partial charge < -0.3 is 14.1 Å². The molecule has 0 aliphatic carbocycles. The minimum atomic E-state index is -0.303. The van der Waals surface area contributed by atoms with Gasteiger partial charge in [-0.05, 0) is 42.5 Å². The van der Waals surface area contributed by atoms with E-state index in [0.29, 0.717) is 5.02 Å². The number of benzene rings is 2. The van der Waals surface area contributed by atoms with Gasteiger partial charge in [-0.15, -0.1) is 0 Å². The average Bonchev–Trinajstić information content (AvgIpc) is 3.37. The van der Waals surface area contributed by atoms with E-state index in [1.165, 1.54) is 0 Å². The molecule has 0 N–H and O–H groups in total. The second-order valence-electron chi connectivity index (χ2n) is 7.26. The Kier molecular flexibility index (Phi) is 4.05. The molecule has 0 saturated carbocycles. The Bertz CT molecular complexity index is 1030. The molecule has 2 aliphatic rings. The highest BCUT2D eigenvalue weighted by Gasteiger charge is 2.41. The zero-order chi connectivity index (χ0) is 19.3. The van der Waals surface area contributed by atoms with Crippen LogP contribution in [0.5, 0.6) is 5.75 Å². The van der Waals surface area contributed by atoms with Crippen molar-refractivity contribution in [1.82, 2.24) is 5.01 Å². The summed E-state index contributed by atoms with van der Waals surface area (Å²) >= 11 is 6.27. The van der Waals surface area contributed by atoms with Gasteiger partial charge in [0.2, 0.25) is 6.23 Å². The molecule has 5 rings (SSSR count). The molecule has 3 heterocycles. The van der Waals surface area contributed by atoms with Crippen LogP contribution in [0.3, 0.4) is 0 Å². The number of fused-ring (bicyclic) bond motifs is 3. The Morgan fingerprint density at radius 3 is 2.64 bits per heavy atom. The van der Waals surface area contributed by atoms with Gasteiger partial charge >= 0.3 is 0 Å². The molecular weight excluding hydrogens is 374 g/mol. The fraction of sp³-hybridized carbons (Fsp3) is 0.227. The predicted octanol–water partition coefficient (Wildman–Crippen LogP) is 5.24. The van der Waals surface area contributed by atoms with E-state index in [1.54, 1.807) is 6.26 Å². The van der Waals surface area contributed by atoms with E-state index < -0.39 is 0 Å². The van der Waals surface area contributed by atoms with Gasteiger partial charge in [-0.2, -0.15) is 5.10 Å². The largest absolute Gasteiger partial charge is 0.464 e. The highest BCUT2D eigenvalue weighted by Crippen LogP contribution is 2.48. The number of furan rings is 1. The molecule has 2 atom stereocenters. The van der Waals surface area contributed by atoms with Gasteiger partial charge in [0.05, 0.1) is 12.3 Å². The molecule has 0 spiro atoms. The topological polar surface area (TPSA) is 41.2 Å². The van der Waals surface area contributed by atoms with E-state index in [0.717, 1.165) is 40.5 Å². The standard InChI is InChI=1S/C22H20ClN3O2/c1-25(2)16-8-5-14(6-9-16)22-26-19(13-18(24-26)21-4-3-11-27-21)17-12-15(23)7-10-20(17)28-22/h3-12,19,22H,13H2,1-2H3/t19-,22+/m0/s1. The summed E-state index contributed by atoms with van der Waals surface area (Å²) in [4.78, 5) is 2.08. The number of hydrazone groups is 1. The molecule has 2 aliphatic heterocycles. The first-order valence-corrected chi connectivity index (χ1v) is 9.61. The average molecular weight is 394 g/mol. The summed E-state index contributed by atoms with van der Waals surface area (Å²) in [6, 6.07) is 18.0. The number of nitrogens with zero attached hydrogens (tertiary/aromatic N) is 3. The fourth-order valence-corrected chi connectivity index (χ4v) is 3.99. The smallest absolute Gasteiger partial charge is 0.213 e. The summed E-state index contributed by atoms with van der Waals surface area (Å²) in [5.74, 6) is 1.64. The Morgan fingerprint density at radius 2 is 1.93 bits per heavy atom. The van der Waals surface area contributed by atoms with Crippen molar-refractivity contribution in [2.75, 3.05) is 19.0 Å². The molecule has 0 radical (unpaired) electrons. The van der Waals surface area contributed by atoms with Crippen LogP contribution in [0, 0.1) is 0 Å². The van der Waals surface area contributed by atoms with E-state index >= 15 is 0 Å². The molecule has 28 heavy (non-hydrogen) atoms. The van der Waals surface area contributed by atoms with Gasteiger partial charge in [0.25, 0.3) is 0 Å². The number of anilines is 1. The number of rotatable bonds is 3. The number of ether oxygens (including phenoxy) is 1. The highest BCUT2D eigenvalue weighted by molar-refractivity contribution is 6.30. The third-order valence-electron chi connectivity index (χ3n) is 5.25. The van der Waals surface area contributed by atoms with Crippen molar-refractivity contribution in [2.24, 2.45) is 5.10 Å². The molecular formula is C22H20ClN3O2. The lowest BCUT2D eigenvalue weighted by Crippen LogP contribution is -2.33. The van der Waals surface area contributed by atoms with Crippen LogP contribution >= 0.6 is 11.6 Å². The van der Waals surface area contributed by atoms with Crippen molar-refractivity contribution in [1.29, 1.82) is 0 Å². The second-order valence-corrected chi connectivity index (χ2v) is 7.70. The van der Waals surface area contributed by atoms with E-state index in [-0.39, 0.29) is 12.3 Å². The minimum Gasteiger partial charge on any atom is -0.464 e. The van der Waals surface area contributed by atoms with E-state index in [9.17, 15) is 0 Å². The van der Waals surface area contributed by atoms with Crippen LogP contribution in [0.1, 0.15) is 35.6 Å². The molecule has 0 saturated heterocycles. The van der Waals surface area contributed by atoms with Gasteiger partial charge in [-0.25, -0.2) is 5.01 Å². The zero-order valence-electron chi connectivity index (χ0n) is 15.7. The van der Waals surface area contributed by atoms with Crippen LogP contribution in [0.2, 0.25) is 5.02 Å². The first-order valence-electron chi connectivity index (χ1n) is 9.23. The van der Waals surface area contributed by atoms with Crippen LogP contribution in [-0.4, -0.2) is 24.8 Å². The third kappa shape index (κ3) is 2.83. The van der Waals surface area contributed by atoms with E-state index in [1.807, 2.05) is 49.4 Å². The van der Waals surface area contributed by atoms with Crippen molar-refractivity contribution in [3.8, 4) is 5.75 Å². The monoisotopic (exact) mass is 393 g/mol. The molecule has 2 aromatic carbocycles.